The average molecular weight is 219 g/mol. The SMILES string of the molecule is C/C=C1/CCCC(CN)/C1=C/C(C=O)=C\C. The first-order valence-corrected chi connectivity index (χ1v) is 5.95. The van der Waals surface area contributed by atoms with Crippen molar-refractivity contribution in [2.24, 2.45) is 11.7 Å². The van der Waals surface area contributed by atoms with E-state index in [1.54, 1.807) is 0 Å². The van der Waals surface area contributed by atoms with Crippen LogP contribution in [0.2, 0.25) is 0 Å². The fourth-order valence-corrected chi connectivity index (χ4v) is 2.23. The normalized spacial score (nSPS) is 27.4. The maximum atomic E-state index is 10.8. The number of hydrogen-bond donors (Lipinski definition) is 1. The second kappa shape index (κ2) is 6.44. The Labute approximate surface area is 97.9 Å². The minimum absolute atomic E-state index is 0.412. The molecule has 0 heterocycles. The number of carbonyl (C=O) groups is 1. The predicted octanol–water partition coefficient (Wildman–Crippen LogP) is 2.76. The van der Waals surface area contributed by atoms with Gasteiger partial charge >= 0.3 is 0 Å². The van der Waals surface area contributed by atoms with E-state index in [0.29, 0.717) is 12.5 Å². The molecule has 1 rings (SSSR count). The lowest BCUT2D eigenvalue weighted by Gasteiger charge is -2.27. The van der Waals surface area contributed by atoms with Crippen LogP contribution in [0.4, 0.5) is 0 Å². The lowest BCUT2D eigenvalue weighted by molar-refractivity contribution is -0.104. The molecule has 1 aliphatic carbocycles. The largest absolute Gasteiger partial charge is 0.330 e. The summed E-state index contributed by atoms with van der Waals surface area (Å²) in [7, 11) is 0. The van der Waals surface area contributed by atoms with E-state index in [4.69, 9.17) is 5.73 Å². The molecular formula is C14H21NO. The molecule has 0 spiro atoms. The predicted molar refractivity (Wildman–Crippen MR) is 68.1 cm³/mol. The van der Waals surface area contributed by atoms with Crippen LogP contribution in [-0.2, 0) is 4.79 Å². The summed E-state index contributed by atoms with van der Waals surface area (Å²) < 4.78 is 0. The lowest BCUT2D eigenvalue weighted by atomic mass is 9.79. The standard InChI is InChI=1S/C14H21NO/c1-3-11(10-16)8-14-12(4-2)6-5-7-13(14)9-15/h3-4,8,10,13H,5-7,9,15H2,1-2H3/b11-3+,12-4-,14-8+. The van der Waals surface area contributed by atoms with Crippen LogP contribution < -0.4 is 5.73 Å². The molecule has 1 saturated carbocycles. The number of allylic oxidation sites excluding steroid dienone is 5. The second-order valence-electron chi connectivity index (χ2n) is 4.14. The van der Waals surface area contributed by atoms with Crippen molar-refractivity contribution < 1.29 is 4.79 Å². The van der Waals surface area contributed by atoms with Crippen LogP contribution in [0.1, 0.15) is 33.1 Å². The molecule has 1 unspecified atom stereocenters. The van der Waals surface area contributed by atoms with Gasteiger partial charge in [0.1, 0.15) is 6.29 Å². The third-order valence-electron chi connectivity index (χ3n) is 3.23. The van der Waals surface area contributed by atoms with Crippen LogP contribution >= 0.6 is 0 Å². The zero-order valence-electron chi connectivity index (χ0n) is 10.2. The van der Waals surface area contributed by atoms with Crippen LogP contribution in [0.3, 0.4) is 0 Å². The third kappa shape index (κ3) is 2.92. The number of carbonyl (C=O) groups excluding carboxylic acids is 1. The van der Waals surface area contributed by atoms with Gasteiger partial charge in [0.25, 0.3) is 0 Å². The van der Waals surface area contributed by atoms with E-state index < -0.39 is 0 Å². The zero-order chi connectivity index (χ0) is 12.0. The van der Waals surface area contributed by atoms with Crippen molar-refractivity contribution in [3.63, 3.8) is 0 Å². The van der Waals surface area contributed by atoms with E-state index in [9.17, 15) is 4.79 Å². The van der Waals surface area contributed by atoms with Crippen LogP contribution in [-0.4, -0.2) is 12.8 Å². The first kappa shape index (κ1) is 12.9. The maximum absolute atomic E-state index is 10.8. The van der Waals surface area contributed by atoms with Crippen LogP contribution in [0.5, 0.6) is 0 Å². The maximum Gasteiger partial charge on any atom is 0.149 e. The summed E-state index contributed by atoms with van der Waals surface area (Å²) in [6, 6.07) is 0. The van der Waals surface area contributed by atoms with Gasteiger partial charge in [-0.1, -0.05) is 12.2 Å². The van der Waals surface area contributed by atoms with Gasteiger partial charge in [0.2, 0.25) is 0 Å². The molecule has 0 aromatic carbocycles. The monoisotopic (exact) mass is 219 g/mol. The molecule has 1 aliphatic rings. The second-order valence-corrected chi connectivity index (χ2v) is 4.14. The van der Waals surface area contributed by atoms with Gasteiger partial charge in [-0.05, 0) is 62.8 Å². The van der Waals surface area contributed by atoms with Gasteiger partial charge in [0.05, 0.1) is 0 Å². The van der Waals surface area contributed by atoms with Gasteiger partial charge in [-0.25, -0.2) is 0 Å². The zero-order valence-corrected chi connectivity index (χ0v) is 10.2. The molecule has 0 aromatic heterocycles. The summed E-state index contributed by atoms with van der Waals surface area (Å²) in [5, 5.41) is 0. The topological polar surface area (TPSA) is 43.1 Å². The smallest absolute Gasteiger partial charge is 0.149 e. The van der Waals surface area contributed by atoms with E-state index >= 15 is 0 Å². The fourth-order valence-electron chi connectivity index (χ4n) is 2.23. The third-order valence-corrected chi connectivity index (χ3v) is 3.23. The summed E-state index contributed by atoms with van der Waals surface area (Å²) >= 11 is 0. The summed E-state index contributed by atoms with van der Waals surface area (Å²) in [5.74, 6) is 0.412. The van der Waals surface area contributed by atoms with Crippen molar-refractivity contribution in [1.29, 1.82) is 0 Å². The highest BCUT2D eigenvalue weighted by Gasteiger charge is 2.21. The Morgan fingerprint density at radius 3 is 2.75 bits per heavy atom. The van der Waals surface area contributed by atoms with Gasteiger partial charge in [-0.15, -0.1) is 0 Å². The van der Waals surface area contributed by atoms with Gasteiger partial charge in [-0.2, -0.15) is 0 Å². The number of aldehydes is 1. The Bertz CT molecular complexity index is 337. The Balaban J connectivity index is 3.05. The summed E-state index contributed by atoms with van der Waals surface area (Å²) in [6.07, 6.45) is 10.3. The highest BCUT2D eigenvalue weighted by molar-refractivity contribution is 5.78. The van der Waals surface area contributed by atoms with E-state index in [1.807, 2.05) is 19.1 Å². The molecule has 0 aliphatic heterocycles. The van der Waals surface area contributed by atoms with Crippen LogP contribution in [0.15, 0.2) is 34.9 Å². The Kier molecular flexibility index (Phi) is 5.20. The molecule has 16 heavy (non-hydrogen) atoms. The van der Waals surface area contributed by atoms with Gasteiger partial charge in [0.15, 0.2) is 0 Å². The molecule has 0 amide bonds. The molecule has 1 fully saturated rings. The number of nitrogens with two attached hydrogens (primary N) is 1. The molecule has 2 N–H and O–H groups in total. The van der Waals surface area contributed by atoms with Crippen molar-refractivity contribution in [2.45, 2.75) is 33.1 Å². The molecule has 0 aromatic rings. The number of rotatable bonds is 3. The van der Waals surface area contributed by atoms with Gasteiger partial charge in [0, 0.05) is 5.57 Å². The summed E-state index contributed by atoms with van der Waals surface area (Å²) in [6.45, 7) is 4.60. The number of hydrogen-bond acceptors (Lipinski definition) is 2. The van der Waals surface area contributed by atoms with E-state index in [0.717, 1.165) is 24.7 Å². The fraction of sp³-hybridized carbons (Fsp3) is 0.500. The van der Waals surface area contributed by atoms with Crippen molar-refractivity contribution in [3.8, 4) is 0 Å². The Morgan fingerprint density at radius 1 is 1.50 bits per heavy atom. The van der Waals surface area contributed by atoms with Crippen molar-refractivity contribution in [1.82, 2.24) is 0 Å². The minimum atomic E-state index is 0.412. The molecule has 0 saturated heterocycles. The van der Waals surface area contributed by atoms with Gasteiger partial charge in [-0.3, -0.25) is 4.79 Å². The Hall–Kier alpha value is -1.15. The molecule has 0 radical (unpaired) electrons. The molecular weight excluding hydrogens is 198 g/mol. The minimum Gasteiger partial charge on any atom is -0.330 e. The van der Waals surface area contributed by atoms with Crippen LogP contribution in [0, 0.1) is 5.92 Å². The van der Waals surface area contributed by atoms with E-state index in [1.165, 1.54) is 17.6 Å². The van der Waals surface area contributed by atoms with E-state index in [-0.39, 0.29) is 0 Å². The summed E-state index contributed by atoms with van der Waals surface area (Å²) in [4.78, 5) is 10.8. The highest BCUT2D eigenvalue weighted by Crippen LogP contribution is 2.33. The van der Waals surface area contributed by atoms with E-state index in [2.05, 4.69) is 13.0 Å². The lowest BCUT2D eigenvalue weighted by Crippen LogP contribution is -2.21. The molecule has 0 bridgehead atoms. The van der Waals surface area contributed by atoms with Crippen LogP contribution in [0.25, 0.3) is 0 Å². The highest BCUT2D eigenvalue weighted by atomic mass is 16.1. The molecule has 1 atom stereocenters. The van der Waals surface area contributed by atoms with Crippen molar-refractivity contribution in [3.05, 3.63) is 34.9 Å². The average Bonchev–Trinajstić information content (AvgIpc) is 2.35. The molecule has 88 valence electrons. The quantitative estimate of drug-likeness (QED) is 0.586. The van der Waals surface area contributed by atoms with Crippen molar-refractivity contribution in [2.75, 3.05) is 6.54 Å². The van der Waals surface area contributed by atoms with Gasteiger partial charge < -0.3 is 5.73 Å². The Morgan fingerprint density at radius 2 is 2.25 bits per heavy atom. The summed E-state index contributed by atoms with van der Waals surface area (Å²) in [5.41, 5.74) is 9.15. The first-order chi connectivity index (χ1) is 7.76. The molecule has 2 heteroatoms. The first-order valence-electron chi connectivity index (χ1n) is 5.95. The van der Waals surface area contributed by atoms with Crippen molar-refractivity contribution >= 4 is 6.29 Å². The molecule has 2 nitrogen and oxygen atoms in total.